The standard InChI is InChI=1S/C28H35Cl2N3O4/c1-5-15(3)33-24(26(35)32-20-8-6-7-14(2)16(20)4)28-10-9-21(37-28)22(23(28)27(33)36)25(34)31-19-12-17(29)11-18(30)13-19/h9-16,20-24H,5-8H2,1-4H3,(H,31,34)(H,32,35)/t14-,15+,16-,20-,21+,22-,23+,24+,28+/m1/s1. The highest BCUT2D eigenvalue weighted by molar-refractivity contribution is 6.35. The molecule has 1 aliphatic carbocycles. The topological polar surface area (TPSA) is 87.7 Å². The molecular weight excluding hydrogens is 513 g/mol. The normalized spacial score (nSPS) is 37.0. The van der Waals surface area contributed by atoms with Gasteiger partial charge in [0.1, 0.15) is 11.6 Å². The van der Waals surface area contributed by atoms with Crippen molar-refractivity contribution in [3.05, 3.63) is 40.4 Å². The number of nitrogens with zero attached hydrogens (tertiary/aromatic N) is 1. The van der Waals surface area contributed by atoms with Crippen molar-refractivity contribution in [2.75, 3.05) is 5.32 Å². The quantitative estimate of drug-likeness (QED) is 0.499. The molecule has 1 spiro atoms. The maximum Gasteiger partial charge on any atom is 0.246 e. The second kappa shape index (κ2) is 9.90. The molecular formula is C28H35Cl2N3O4. The molecule has 3 amide bonds. The Hall–Kier alpha value is -2.09. The number of anilines is 1. The average molecular weight is 549 g/mol. The summed E-state index contributed by atoms with van der Waals surface area (Å²) in [5.74, 6) is -1.46. The van der Waals surface area contributed by atoms with Crippen molar-refractivity contribution < 1.29 is 19.1 Å². The summed E-state index contributed by atoms with van der Waals surface area (Å²) in [6, 6.07) is 3.83. The van der Waals surface area contributed by atoms with Crippen LogP contribution in [0.3, 0.4) is 0 Å². The number of amides is 3. The molecule has 37 heavy (non-hydrogen) atoms. The third-order valence-corrected chi connectivity index (χ3v) is 9.53. The van der Waals surface area contributed by atoms with Gasteiger partial charge in [0, 0.05) is 27.8 Å². The monoisotopic (exact) mass is 547 g/mol. The lowest BCUT2D eigenvalue weighted by Gasteiger charge is -2.39. The number of hydrogen-bond donors (Lipinski definition) is 2. The first kappa shape index (κ1) is 26.5. The van der Waals surface area contributed by atoms with Gasteiger partial charge in [0.05, 0.1) is 17.9 Å². The predicted molar refractivity (Wildman–Crippen MR) is 143 cm³/mol. The Morgan fingerprint density at radius 3 is 2.54 bits per heavy atom. The van der Waals surface area contributed by atoms with Crippen molar-refractivity contribution >= 4 is 46.6 Å². The summed E-state index contributed by atoms with van der Waals surface area (Å²) in [6.45, 7) is 8.34. The first-order valence-corrected chi connectivity index (χ1v) is 14.1. The first-order chi connectivity index (χ1) is 17.6. The van der Waals surface area contributed by atoms with Crippen LogP contribution in [-0.2, 0) is 19.1 Å². The number of benzene rings is 1. The van der Waals surface area contributed by atoms with Crippen LogP contribution < -0.4 is 10.6 Å². The lowest BCUT2D eigenvalue weighted by molar-refractivity contribution is -0.144. The van der Waals surface area contributed by atoms with E-state index in [1.165, 1.54) is 0 Å². The number of halogens is 2. The van der Waals surface area contributed by atoms with E-state index in [-0.39, 0.29) is 29.8 Å². The van der Waals surface area contributed by atoms with Gasteiger partial charge in [0.2, 0.25) is 17.7 Å². The van der Waals surface area contributed by atoms with Crippen molar-refractivity contribution in [2.24, 2.45) is 23.7 Å². The molecule has 2 N–H and O–H groups in total. The highest BCUT2D eigenvalue weighted by Gasteiger charge is 2.73. The molecule has 9 heteroatoms. The molecule has 2 saturated heterocycles. The molecule has 2 bridgehead atoms. The van der Waals surface area contributed by atoms with Gasteiger partial charge in [0.25, 0.3) is 0 Å². The summed E-state index contributed by atoms with van der Waals surface area (Å²) >= 11 is 12.2. The number of likely N-dealkylation sites (tertiary alicyclic amines) is 1. The predicted octanol–water partition coefficient (Wildman–Crippen LogP) is 4.82. The van der Waals surface area contributed by atoms with Gasteiger partial charge in [-0.1, -0.05) is 69.0 Å². The van der Waals surface area contributed by atoms with Crippen LogP contribution in [0.4, 0.5) is 5.69 Å². The van der Waals surface area contributed by atoms with Crippen molar-refractivity contribution in [3.8, 4) is 0 Å². The summed E-state index contributed by atoms with van der Waals surface area (Å²) in [5.41, 5.74) is -0.727. The Balaban J connectivity index is 1.45. The van der Waals surface area contributed by atoms with E-state index in [1.54, 1.807) is 23.1 Å². The maximum atomic E-state index is 14.0. The van der Waals surface area contributed by atoms with Gasteiger partial charge in [0.15, 0.2) is 0 Å². The molecule has 0 radical (unpaired) electrons. The van der Waals surface area contributed by atoms with Crippen LogP contribution in [0.5, 0.6) is 0 Å². The zero-order valence-corrected chi connectivity index (χ0v) is 23.2. The lowest BCUT2D eigenvalue weighted by Crippen LogP contribution is -2.59. The van der Waals surface area contributed by atoms with E-state index in [0.29, 0.717) is 34.0 Å². The minimum atomic E-state index is -1.17. The van der Waals surface area contributed by atoms with Crippen molar-refractivity contribution in [1.82, 2.24) is 10.2 Å². The van der Waals surface area contributed by atoms with Crippen LogP contribution in [-0.4, -0.2) is 52.5 Å². The zero-order valence-electron chi connectivity index (χ0n) is 21.7. The molecule has 1 saturated carbocycles. The number of fused-ring (bicyclic) bond motifs is 1. The van der Waals surface area contributed by atoms with Gasteiger partial charge in [-0.2, -0.15) is 0 Å². The van der Waals surface area contributed by atoms with E-state index in [9.17, 15) is 14.4 Å². The molecule has 7 nitrogen and oxygen atoms in total. The fraction of sp³-hybridized carbons (Fsp3) is 0.607. The fourth-order valence-corrected chi connectivity index (χ4v) is 7.30. The first-order valence-electron chi connectivity index (χ1n) is 13.3. The number of ether oxygens (including phenoxy) is 1. The maximum absolute atomic E-state index is 14.0. The van der Waals surface area contributed by atoms with Crippen LogP contribution in [0.25, 0.3) is 0 Å². The minimum Gasteiger partial charge on any atom is -0.359 e. The van der Waals surface area contributed by atoms with Crippen LogP contribution in [0.2, 0.25) is 10.0 Å². The van der Waals surface area contributed by atoms with Crippen LogP contribution >= 0.6 is 23.2 Å². The summed E-state index contributed by atoms with van der Waals surface area (Å²) in [4.78, 5) is 43.2. The van der Waals surface area contributed by atoms with Gasteiger partial charge in [-0.05, 0) is 49.8 Å². The van der Waals surface area contributed by atoms with E-state index in [0.717, 1.165) is 19.3 Å². The highest BCUT2D eigenvalue weighted by Crippen LogP contribution is 2.56. The average Bonchev–Trinajstić information content (AvgIpc) is 3.48. The second-order valence-corrected chi connectivity index (χ2v) is 12.1. The summed E-state index contributed by atoms with van der Waals surface area (Å²) in [5, 5.41) is 6.94. The van der Waals surface area contributed by atoms with Gasteiger partial charge in [-0.15, -0.1) is 0 Å². The number of carbonyl (C=O) groups is 3. The summed E-state index contributed by atoms with van der Waals surface area (Å²) in [6.07, 6.45) is 6.90. The molecule has 1 aromatic rings. The van der Waals surface area contributed by atoms with E-state index in [1.807, 2.05) is 26.0 Å². The number of rotatable bonds is 6. The van der Waals surface area contributed by atoms with E-state index in [2.05, 4.69) is 24.5 Å². The molecule has 200 valence electrons. The molecule has 3 aliphatic heterocycles. The molecule has 3 fully saturated rings. The van der Waals surface area contributed by atoms with Crippen molar-refractivity contribution in [3.63, 3.8) is 0 Å². The van der Waals surface area contributed by atoms with Gasteiger partial charge in [-0.3, -0.25) is 14.4 Å². The van der Waals surface area contributed by atoms with Crippen LogP contribution in [0, 0.1) is 23.7 Å². The highest BCUT2D eigenvalue weighted by atomic mass is 35.5. The van der Waals surface area contributed by atoms with Gasteiger partial charge in [-0.25, -0.2) is 0 Å². The Morgan fingerprint density at radius 2 is 1.86 bits per heavy atom. The molecule has 4 aliphatic rings. The number of hydrogen-bond acceptors (Lipinski definition) is 4. The molecule has 3 heterocycles. The Labute approximate surface area is 228 Å². The fourth-order valence-electron chi connectivity index (χ4n) is 6.78. The van der Waals surface area contributed by atoms with Crippen LogP contribution in [0.1, 0.15) is 53.4 Å². The SMILES string of the molecule is CC[C@H](C)N1C(=O)[C@@H]2[C@H](C(=O)Nc3cc(Cl)cc(Cl)c3)[C@@H]3C=C[C@@]2(O3)[C@@H]1C(=O)N[C@@H]1CCC[C@@H](C)[C@H]1C. The number of carbonyl (C=O) groups excluding carboxylic acids is 3. The molecule has 9 atom stereocenters. The van der Waals surface area contributed by atoms with E-state index in [4.69, 9.17) is 27.9 Å². The van der Waals surface area contributed by atoms with Gasteiger partial charge >= 0.3 is 0 Å². The van der Waals surface area contributed by atoms with E-state index < -0.39 is 29.6 Å². The Morgan fingerprint density at radius 1 is 1.16 bits per heavy atom. The van der Waals surface area contributed by atoms with Gasteiger partial charge < -0.3 is 20.3 Å². The third-order valence-electron chi connectivity index (χ3n) is 9.09. The molecule has 5 rings (SSSR count). The van der Waals surface area contributed by atoms with Crippen molar-refractivity contribution in [1.29, 1.82) is 0 Å². The summed E-state index contributed by atoms with van der Waals surface area (Å²) < 4.78 is 6.42. The molecule has 0 aromatic heterocycles. The van der Waals surface area contributed by atoms with Crippen LogP contribution in [0.15, 0.2) is 30.4 Å². The van der Waals surface area contributed by atoms with E-state index >= 15 is 0 Å². The smallest absolute Gasteiger partial charge is 0.246 e. The molecule has 0 unspecified atom stereocenters. The Bertz CT molecular complexity index is 1120. The Kier molecular flexibility index (Phi) is 7.09. The lowest BCUT2D eigenvalue weighted by atomic mass is 9.73. The number of nitrogens with one attached hydrogen (secondary N) is 2. The minimum absolute atomic E-state index is 0.0508. The van der Waals surface area contributed by atoms with Crippen molar-refractivity contribution in [2.45, 2.75) is 83.2 Å². The largest absolute Gasteiger partial charge is 0.359 e. The second-order valence-electron chi connectivity index (χ2n) is 11.2. The molecule has 1 aromatic carbocycles. The zero-order chi connectivity index (χ0) is 26.6. The summed E-state index contributed by atoms with van der Waals surface area (Å²) in [7, 11) is 0. The third kappa shape index (κ3) is 4.37.